The largest absolute Gasteiger partial charge is 0.480 e. The predicted octanol–water partition coefficient (Wildman–Crippen LogP) is 3.34. The topological polar surface area (TPSA) is 115 Å². The van der Waals surface area contributed by atoms with Crippen molar-refractivity contribution >= 4 is 5.97 Å². The summed E-state index contributed by atoms with van der Waals surface area (Å²) in [6, 6.07) is 19.4. The fourth-order valence-corrected chi connectivity index (χ4v) is 2.49. The third kappa shape index (κ3) is 6.90. The summed E-state index contributed by atoms with van der Waals surface area (Å²) < 4.78 is 0. The smallest absolute Gasteiger partial charge is 0.320 e. The van der Waals surface area contributed by atoms with Gasteiger partial charge in [0, 0.05) is 18.0 Å². The van der Waals surface area contributed by atoms with Crippen molar-refractivity contribution in [2.45, 2.75) is 25.3 Å². The molecule has 0 aliphatic carbocycles. The number of hydrogen-bond donors (Lipinski definition) is 3. The Hall–Kier alpha value is -3.09. The Kier molecular flexibility index (Phi) is 8.78. The van der Waals surface area contributed by atoms with Gasteiger partial charge in [0.25, 0.3) is 0 Å². The van der Waals surface area contributed by atoms with E-state index in [2.05, 4.69) is 28.2 Å². The lowest BCUT2D eigenvalue weighted by Crippen LogP contribution is -2.29. The number of aromatic nitrogens is 2. The molecule has 0 fully saturated rings. The van der Waals surface area contributed by atoms with Gasteiger partial charge in [0.2, 0.25) is 0 Å². The molecule has 0 bridgehead atoms. The zero-order valence-corrected chi connectivity index (χ0v) is 15.7. The van der Waals surface area contributed by atoms with Gasteiger partial charge in [0.15, 0.2) is 0 Å². The second-order valence-corrected chi connectivity index (χ2v) is 6.24. The normalized spacial score (nSPS) is 11.2. The van der Waals surface area contributed by atoms with Crippen LogP contribution in [0, 0.1) is 0 Å². The van der Waals surface area contributed by atoms with Gasteiger partial charge in [-0.15, -0.1) is 0 Å². The van der Waals surface area contributed by atoms with Gasteiger partial charge >= 0.3 is 5.97 Å². The summed E-state index contributed by atoms with van der Waals surface area (Å²) in [4.78, 5) is 18.9. The van der Waals surface area contributed by atoms with Crippen molar-refractivity contribution in [3.8, 4) is 22.5 Å². The van der Waals surface area contributed by atoms with Crippen molar-refractivity contribution in [3.63, 3.8) is 0 Å². The number of aliphatic carboxylic acids is 1. The van der Waals surface area contributed by atoms with Crippen molar-refractivity contribution in [2.24, 2.45) is 11.5 Å². The molecule has 0 saturated carbocycles. The summed E-state index contributed by atoms with van der Waals surface area (Å²) in [6.07, 6.45) is 5.83. The van der Waals surface area contributed by atoms with Gasteiger partial charge in [-0.3, -0.25) is 14.8 Å². The maximum Gasteiger partial charge on any atom is 0.320 e. The van der Waals surface area contributed by atoms with Gasteiger partial charge in [0.1, 0.15) is 6.04 Å². The highest BCUT2D eigenvalue weighted by Crippen LogP contribution is 2.20. The molecular formula is C22H26N4O2. The summed E-state index contributed by atoms with van der Waals surface area (Å²) in [5, 5.41) is 8.33. The molecule has 1 atom stereocenters. The first-order chi connectivity index (χ1) is 13.6. The van der Waals surface area contributed by atoms with Crippen LogP contribution in [-0.4, -0.2) is 33.6 Å². The van der Waals surface area contributed by atoms with Crippen molar-refractivity contribution in [1.29, 1.82) is 0 Å². The van der Waals surface area contributed by atoms with E-state index in [-0.39, 0.29) is 0 Å². The highest BCUT2D eigenvalue weighted by atomic mass is 16.4. The first kappa shape index (κ1) is 21.2. The van der Waals surface area contributed by atoms with Crippen molar-refractivity contribution in [2.75, 3.05) is 6.54 Å². The lowest BCUT2D eigenvalue weighted by atomic mass is 10.1. The molecule has 3 aromatic rings. The highest BCUT2D eigenvalue weighted by Gasteiger charge is 2.09. The Bertz CT molecular complexity index is 766. The molecule has 5 N–H and O–H groups in total. The van der Waals surface area contributed by atoms with E-state index in [1.807, 2.05) is 48.7 Å². The van der Waals surface area contributed by atoms with Crippen LogP contribution in [0.2, 0.25) is 0 Å². The number of carbonyl (C=O) groups is 1. The van der Waals surface area contributed by atoms with Crippen LogP contribution in [0.25, 0.3) is 22.5 Å². The average Bonchev–Trinajstić information content (AvgIpc) is 2.75. The molecule has 0 amide bonds. The number of hydrogen-bond acceptors (Lipinski definition) is 5. The highest BCUT2D eigenvalue weighted by molar-refractivity contribution is 5.72. The zero-order chi connectivity index (χ0) is 20.2. The van der Waals surface area contributed by atoms with Gasteiger partial charge in [-0.05, 0) is 43.1 Å². The molecule has 0 spiro atoms. The molecular weight excluding hydrogens is 352 g/mol. The third-order valence-corrected chi connectivity index (χ3v) is 4.08. The number of carboxylic acids is 1. The van der Waals surface area contributed by atoms with E-state index in [1.54, 1.807) is 6.20 Å². The minimum Gasteiger partial charge on any atom is -0.480 e. The Morgan fingerprint density at radius 2 is 1.61 bits per heavy atom. The Balaban J connectivity index is 0.000000242. The van der Waals surface area contributed by atoms with Crippen LogP contribution in [-0.2, 0) is 4.79 Å². The van der Waals surface area contributed by atoms with Crippen molar-refractivity contribution < 1.29 is 9.90 Å². The molecule has 3 rings (SSSR count). The van der Waals surface area contributed by atoms with Crippen molar-refractivity contribution in [1.82, 2.24) is 9.97 Å². The molecule has 146 valence electrons. The summed E-state index contributed by atoms with van der Waals surface area (Å²) >= 11 is 0. The molecule has 28 heavy (non-hydrogen) atoms. The van der Waals surface area contributed by atoms with Crippen LogP contribution in [0.15, 0.2) is 73.1 Å². The number of nitrogens with two attached hydrogens (primary N) is 2. The molecule has 0 saturated heterocycles. The van der Waals surface area contributed by atoms with E-state index in [1.165, 1.54) is 5.56 Å². The van der Waals surface area contributed by atoms with Crippen LogP contribution in [0.3, 0.4) is 0 Å². The number of unbranched alkanes of at least 4 members (excludes halogenated alkanes) is 1. The van der Waals surface area contributed by atoms with Crippen LogP contribution < -0.4 is 11.5 Å². The second-order valence-electron chi connectivity index (χ2n) is 6.24. The van der Waals surface area contributed by atoms with Gasteiger partial charge in [0.05, 0.1) is 11.4 Å². The van der Waals surface area contributed by atoms with Gasteiger partial charge in [-0.1, -0.05) is 48.9 Å². The Labute approximate surface area is 165 Å². The summed E-state index contributed by atoms with van der Waals surface area (Å²) in [7, 11) is 0. The van der Waals surface area contributed by atoms with E-state index >= 15 is 0 Å². The molecule has 2 aromatic heterocycles. The molecule has 1 aromatic carbocycles. The van der Waals surface area contributed by atoms with Crippen molar-refractivity contribution in [3.05, 3.63) is 73.1 Å². The number of benzene rings is 1. The lowest BCUT2D eigenvalue weighted by Gasteiger charge is -2.03. The molecule has 6 heteroatoms. The standard InChI is InChI=1S/C16H12N2.C6H14N2O2/c1-2-6-13(7-3-1)14-9-10-16(18-12-14)15-8-4-5-11-17-15;7-4-2-1-3-5(8)6(9)10/h1-12H;5H,1-4,7-8H2,(H,9,10)/t;5-/m.0/s1. The van der Waals surface area contributed by atoms with Crippen LogP contribution in [0.4, 0.5) is 0 Å². The monoisotopic (exact) mass is 378 g/mol. The maximum atomic E-state index is 10.1. The van der Waals surface area contributed by atoms with E-state index in [0.717, 1.165) is 29.8 Å². The van der Waals surface area contributed by atoms with Gasteiger partial charge in [-0.2, -0.15) is 0 Å². The van der Waals surface area contributed by atoms with Gasteiger partial charge < -0.3 is 16.6 Å². The fourth-order valence-electron chi connectivity index (χ4n) is 2.49. The molecule has 0 aliphatic heterocycles. The molecule has 0 unspecified atom stereocenters. The van der Waals surface area contributed by atoms with E-state index in [0.29, 0.717) is 13.0 Å². The number of pyridine rings is 2. The summed E-state index contributed by atoms with van der Waals surface area (Å²) in [6.45, 7) is 0.604. The third-order valence-electron chi connectivity index (χ3n) is 4.08. The molecule has 6 nitrogen and oxygen atoms in total. The minimum absolute atomic E-state index is 0.520. The maximum absolute atomic E-state index is 10.1. The van der Waals surface area contributed by atoms with E-state index in [9.17, 15) is 4.79 Å². The molecule has 0 aliphatic rings. The number of carboxylic acid groups (broad SMARTS) is 1. The first-order valence-corrected chi connectivity index (χ1v) is 9.23. The average molecular weight is 378 g/mol. The Morgan fingerprint density at radius 1 is 0.893 bits per heavy atom. The quantitative estimate of drug-likeness (QED) is 0.543. The van der Waals surface area contributed by atoms with Crippen LogP contribution in [0.5, 0.6) is 0 Å². The molecule has 2 heterocycles. The summed E-state index contributed by atoms with van der Waals surface area (Å²) in [5.74, 6) is -0.933. The van der Waals surface area contributed by atoms with Crippen LogP contribution in [0.1, 0.15) is 19.3 Å². The van der Waals surface area contributed by atoms with E-state index in [4.69, 9.17) is 16.6 Å². The van der Waals surface area contributed by atoms with Gasteiger partial charge in [-0.25, -0.2) is 0 Å². The number of rotatable bonds is 7. The fraction of sp³-hybridized carbons (Fsp3) is 0.227. The molecule has 0 radical (unpaired) electrons. The summed E-state index contributed by atoms with van der Waals surface area (Å²) in [5.41, 5.74) is 14.5. The lowest BCUT2D eigenvalue weighted by molar-refractivity contribution is -0.138. The Morgan fingerprint density at radius 3 is 2.18 bits per heavy atom. The predicted molar refractivity (Wildman–Crippen MR) is 111 cm³/mol. The number of nitrogens with zero attached hydrogens (tertiary/aromatic N) is 2. The SMILES string of the molecule is NCCCC[C@H](N)C(=O)O.c1ccc(-c2ccc(-c3ccccn3)nc2)cc1. The second kappa shape index (κ2) is 11.6. The zero-order valence-electron chi connectivity index (χ0n) is 15.7. The van der Waals surface area contributed by atoms with E-state index < -0.39 is 12.0 Å². The van der Waals surface area contributed by atoms with Crippen LogP contribution >= 0.6 is 0 Å². The minimum atomic E-state index is -0.933. The first-order valence-electron chi connectivity index (χ1n) is 9.23.